The Hall–Kier alpha value is -1.48. The van der Waals surface area contributed by atoms with Gasteiger partial charge in [-0.15, -0.1) is 6.58 Å². The minimum absolute atomic E-state index is 0.237. The molecule has 25 heavy (non-hydrogen) atoms. The Balaban J connectivity index is 1.58. The van der Waals surface area contributed by atoms with Crippen LogP contribution in [0.1, 0.15) is 12.8 Å². The summed E-state index contributed by atoms with van der Waals surface area (Å²) in [6.07, 6.45) is 5.47. The number of hydrogen-bond donors (Lipinski definition) is 1. The number of aromatic nitrogens is 1. The number of rotatable bonds is 6. The quantitative estimate of drug-likeness (QED) is 0.762. The van der Waals surface area contributed by atoms with Crippen LogP contribution in [0.3, 0.4) is 0 Å². The summed E-state index contributed by atoms with van der Waals surface area (Å²) >= 11 is 0. The third kappa shape index (κ3) is 4.58. The smallest absolute Gasteiger partial charge is 0.244 e. The minimum Gasteiger partial charge on any atom is -0.379 e. The molecule has 0 unspecified atom stereocenters. The second-order valence-electron chi connectivity index (χ2n) is 6.40. The molecule has 0 spiro atoms. The second-order valence-corrected chi connectivity index (χ2v) is 8.34. The molecule has 0 aliphatic carbocycles. The summed E-state index contributed by atoms with van der Waals surface area (Å²) in [6.45, 7) is 8.45. The van der Waals surface area contributed by atoms with Crippen molar-refractivity contribution in [3.05, 3.63) is 31.0 Å². The third-order valence-electron chi connectivity index (χ3n) is 4.67. The number of hydrogen-bond acceptors (Lipinski definition) is 6. The van der Waals surface area contributed by atoms with Gasteiger partial charge in [-0.2, -0.15) is 4.31 Å². The zero-order valence-corrected chi connectivity index (χ0v) is 15.2. The van der Waals surface area contributed by atoms with E-state index >= 15 is 0 Å². The molecule has 1 N–H and O–H groups in total. The van der Waals surface area contributed by atoms with Crippen molar-refractivity contribution >= 4 is 15.8 Å². The standard InChI is InChI=1S/C17H26N4O3S/c1-2-7-20-8-5-15(6-9-20)19-17-4-3-16(14-18-17)25(22,23)21-10-12-24-13-11-21/h2-4,14-15H,1,5-13H2,(H,18,19). The Morgan fingerprint density at radius 3 is 2.56 bits per heavy atom. The average molecular weight is 366 g/mol. The van der Waals surface area contributed by atoms with E-state index in [-0.39, 0.29) is 4.90 Å². The van der Waals surface area contributed by atoms with Crippen LogP contribution in [-0.4, -0.2) is 74.6 Å². The van der Waals surface area contributed by atoms with Gasteiger partial charge in [0.05, 0.1) is 13.2 Å². The molecule has 8 heteroatoms. The van der Waals surface area contributed by atoms with Crippen LogP contribution in [0.15, 0.2) is 35.9 Å². The Morgan fingerprint density at radius 1 is 1.24 bits per heavy atom. The summed E-state index contributed by atoms with van der Waals surface area (Å²) in [5, 5.41) is 3.41. The lowest BCUT2D eigenvalue weighted by molar-refractivity contribution is 0.0730. The zero-order valence-electron chi connectivity index (χ0n) is 14.4. The molecule has 2 saturated heterocycles. The Kier molecular flexibility index (Phi) is 6.06. The number of anilines is 1. The van der Waals surface area contributed by atoms with Crippen molar-refractivity contribution < 1.29 is 13.2 Å². The lowest BCUT2D eigenvalue weighted by atomic mass is 10.1. The molecule has 3 heterocycles. The Bertz CT molecular complexity index is 664. The van der Waals surface area contributed by atoms with Gasteiger partial charge in [0.15, 0.2) is 0 Å². The molecule has 0 atom stereocenters. The number of pyridine rings is 1. The molecule has 0 bridgehead atoms. The first-order chi connectivity index (χ1) is 12.1. The van der Waals surface area contributed by atoms with Gasteiger partial charge < -0.3 is 10.1 Å². The van der Waals surface area contributed by atoms with Crippen LogP contribution in [0.25, 0.3) is 0 Å². The van der Waals surface area contributed by atoms with Crippen LogP contribution in [0, 0.1) is 0 Å². The van der Waals surface area contributed by atoms with E-state index in [9.17, 15) is 8.42 Å². The fourth-order valence-electron chi connectivity index (χ4n) is 3.21. The predicted molar refractivity (Wildman–Crippen MR) is 97.1 cm³/mol. The molecule has 7 nitrogen and oxygen atoms in total. The number of piperidine rings is 1. The molecule has 3 rings (SSSR count). The molecule has 2 fully saturated rings. The SMILES string of the molecule is C=CCN1CCC(Nc2ccc(S(=O)(=O)N3CCOCC3)cn2)CC1. The first-order valence-electron chi connectivity index (χ1n) is 8.73. The van der Waals surface area contributed by atoms with Gasteiger partial charge in [0.1, 0.15) is 10.7 Å². The highest BCUT2D eigenvalue weighted by Crippen LogP contribution is 2.19. The van der Waals surface area contributed by atoms with Crippen molar-refractivity contribution in [2.45, 2.75) is 23.8 Å². The molecule has 1 aromatic rings. The van der Waals surface area contributed by atoms with E-state index in [0.717, 1.165) is 38.3 Å². The molecule has 2 aliphatic heterocycles. The Morgan fingerprint density at radius 2 is 1.96 bits per heavy atom. The number of sulfonamides is 1. The van der Waals surface area contributed by atoms with E-state index in [2.05, 4.69) is 21.8 Å². The van der Waals surface area contributed by atoms with Crippen molar-refractivity contribution in [1.29, 1.82) is 0 Å². The van der Waals surface area contributed by atoms with E-state index in [0.29, 0.717) is 32.3 Å². The minimum atomic E-state index is -3.48. The van der Waals surface area contributed by atoms with Crippen LogP contribution < -0.4 is 5.32 Å². The number of nitrogens with one attached hydrogen (secondary N) is 1. The van der Waals surface area contributed by atoms with Crippen molar-refractivity contribution in [3.63, 3.8) is 0 Å². The lowest BCUT2D eigenvalue weighted by Gasteiger charge is -2.31. The van der Waals surface area contributed by atoms with Crippen molar-refractivity contribution in [2.24, 2.45) is 0 Å². The number of ether oxygens (including phenoxy) is 1. The monoisotopic (exact) mass is 366 g/mol. The summed E-state index contributed by atoms with van der Waals surface area (Å²) in [7, 11) is -3.48. The summed E-state index contributed by atoms with van der Waals surface area (Å²) in [5.74, 6) is 0.725. The average Bonchev–Trinajstić information content (AvgIpc) is 2.65. The highest BCUT2D eigenvalue weighted by atomic mass is 32.2. The van der Waals surface area contributed by atoms with Gasteiger partial charge in [-0.1, -0.05) is 6.08 Å². The van der Waals surface area contributed by atoms with E-state index < -0.39 is 10.0 Å². The van der Waals surface area contributed by atoms with Crippen LogP contribution in [-0.2, 0) is 14.8 Å². The van der Waals surface area contributed by atoms with Gasteiger partial charge in [-0.05, 0) is 25.0 Å². The topological polar surface area (TPSA) is 74.8 Å². The molecule has 0 amide bonds. The first kappa shape index (κ1) is 18.3. The van der Waals surface area contributed by atoms with Crippen LogP contribution >= 0.6 is 0 Å². The highest BCUT2D eigenvalue weighted by Gasteiger charge is 2.26. The fourth-order valence-corrected chi connectivity index (χ4v) is 4.56. The summed E-state index contributed by atoms with van der Waals surface area (Å²) in [4.78, 5) is 6.92. The van der Waals surface area contributed by atoms with Crippen molar-refractivity contribution in [2.75, 3.05) is 51.3 Å². The van der Waals surface area contributed by atoms with E-state index in [1.54, 1.807) is 12.1 Å². The van der Waals surface area contributed by atoms with Gasteiger partial charge in [-0.3, -0.25) is 4.90 Å². The maximum Gasteiger partial charge on any atom is 0.244 e. The van der Waals surface area contributed by atoms with Gasteiger partial charge in [0.25, 0.3) is 0 Å². The zero-order chi connectivity index (χ0) is 17.7. The van der Waals surface area contributed by atoms with E-state index in [1.165, 1.54) is 10.5 Å². The Labute approximate surface area is 149 Å². The van der Waals surface area contributed by atoms with Crippen LogP contribution in [0.2, 0.25) is 0 Å². The number of likely N-dealkylation sites (tertiary alicyclic amines) is 1. The van der Waals surface area contributed by atoms with Crippen molar-refractivity contribution in [1.82, 2.24) is 14.2 Å². The molecular weight excluding hydrogens is 340 g/mol. The van der Waals surface area contributed by atoms with Gasteiger partial charge in [0, 0.05) is 45.0 Å². The largest absolute Gasteiger partial charge is 0.379 e. The fraction of sp³-hybridized carbons (Fsp3) is 0.588. The maximum absolute atomic E-state index is 12.6. The molecule has 0 aromatic carbocycles. The summed E-state index contributed by atoms with van der Waals surface area (Å²) < 4.78 is 31.8. The summed E-state index contributed by atoms with van der Waals surface area (Å²) in [5.41, 5.74) is 0. The molecule has 2 aliphatic rings. The molecule has 1 aromatic heterocycles. The van der Waals surface area contributed by atoms with Gasteiger partial charge in [0.2, 0.25) is 10.0 Å². The first-order valence-corrected chi connectivity index (χ1v) is 10.2. The molecule has 0 radical (unpaired) electrons. The van der Waals surface area contributed by atoms with E-state index in [1.807, 2.05) is 6.08 Å². The van der Waals surface area contributed by atoms with Crippen molar-refractivity contribution in [3.8, 4) is 0 Å². The molecule has 0 saturated carbocycles. The predicted octanol–water partition coefficient (Wildman–Crippen LogP) is 1.16. The van der Waals surface area contributed by atoms with Gasteiger partial charge in [-0.25, -0.2) is 13.4 Å². The van der Waals surface area contributed by atoms with Gasteiger partial charge >= 0.3 is 0 Å². The molecular formula is C17H26N4O3S. The van der Waals surface area contributed by atoms with Crippen LogP contribution in [0.5, 0.6) is 0 Å². The lowest BCUT2D eigenvalue weighted by Crippen LogP contribution is -2.40. The highest BCUT2D eigenvalue weighted by molar-refractivity contribution is 7.89. The van der Waals surface area contributed by atoms with E-state index in [4.69, 9.17) is 4.74 Å². The maximum atomic E-state index is 12.6. The summed E-state index contributed by atoms with van der Waals surface area (Å²) in [6, 6.07) is 3.76. The molecule has 138 valence electrons. The van der Waals surface area contributed by atoms with Crippen LogP contribution in [0.4, 0.5) is 5.82 Å². The second kappa shape index (κ2) is 8.27. The normalized spacial score (nSPS) is 21.1. The number of nitrogens with zero attached hydrogens (tertiary/aromatic N) is 3. The third-order valence-corrected chi connectivity index (χ3v) is 6.55. The number of morpholine rings is 1.